The fourth-order valence-corrected chi connectivity index (χ4v) is 5.29. The van der Waals surface area contributed by atoms with Gasteiger partial charge in [-0.2, -0.15) is 0 Å². The Labute approximate surface area is 202 Å². The zero-order valence-electron chi connectivity index (χ0n) is 20.5. The molecular weight excluding hydrogens is 460 g/mol. The second-order valence-corrected chi connectivity index (χ2v) is 9.95. The van der Waals surface area contributed by atoms with E-state index in [4.69, 9.17) is 23.7 Å². The summed E-state index contributed by atoms with van der Waals surface area (Å²) < 4.78 is 28.2. The van der Waals surface area contributed by atoms with Crippen molar-refractivity contribution < 1.29 is 48.0 Å². The van der Waals surface area contributed by atoms with Gasteiger partial charge in [0.15, 0.2) is 6.10 Å². The Balaban J connectivity index is 1.88. The number of carbonyl (C=O) groups excluding carboxylic acids is 4. The van der Waals surface area contributed by atoms with E-state index >= 15 is 0 Å². The highest BCUT2D eigenvalue weighted by Crippen LogP contribution is 2.55. The minimum atomic E-state index is -1.71. The molecule has 0 spiro atoms. The van der Waals surface area contributed by atoms with Crippen LogP contribution in [0.15, 0.2) is 34.9 Å². The van der Waals surface area contributed by atoms with Crippen molar-refractivity contribution in [3.05, 3.63) is 34.9 Å². The number of allylic oxidation sites excluding steroid dienone is 1. The molecule has 10 nitrogen and oxygen atoms in total. The first kappa shape index (κ1) is 25.1. The molecule has 35 heavy (non-hydrogen) atoms. The Kier molecular flexibility index (Phi) is 5.96. The molecule has 0 aromatic heterocycles. The molecule has 1 saturated carbocycles. The van der Waals surface area contributed by atoms with Gasteiger partial charge in [0, 0.05) is 24.5 Å². The van der Waals surface area contributed by atoms with Gasteiger partial charge in [0.25, 0.3) is 0 Å². The molecule has 10 heteroatoms. The van der Waals surface area contributed by atoms with E-state index in [0.29, 0.717) is 6.42 Å². The smallest absolute Gasteiger partial charge is 0.338 e. The fourth-order valence-electron chi connectivity index (χ4n) is 5.29. The van der Waals surface area contributed by atoms with Crippen molar-refractivity contribution >= 4 is 23.9 Å². The maximum Gasteiger partial charge on any atom is 0.338 e. The van der Waals surface area contributed by atoms with Crippen LogP contribution in [-0.4, -0.2) is 70.7 Å². The van der Waals surface area contributed by atoms with Crippen LogP contribution in [0, 0.1) is 0 Å². The Hall–Kier alpha value is -2.98. The zero-order valence-corrected chi connectivity index (χ0v) is 20.5. The van der Waals surface area contributed by atoms with Gasteiger partial charge in [-0.15, -0.1) is 0 Å². The lowest BCUT2D eigenvalue weighted by atomic mass is 9.71. The standard InChI is InChI=1S/C25H30O10/c1-7-15-22(29)35-24(6)10-16(32-20(27)12(2)3)17-14(11-31-13(4)26)21(28)33-18(17)19-23(5,34-19)8-9-25(15,24)30/h7,16,18-19,30H,2,8-11H2,1,3-6H3/b15-7-/t16?,18-,19+,23+,24+,25+/m0/s1. The molecular formula is C25H30O10. The molecule has 3 aliphatic heterocycles. The number of epoxide rings is 1. The lowest BCUT2D eigenvalue weighted by molar-refractivity contribution is -0.166. The average Bonchev–Trinajstić information content (AvgIpc) is 3.25. The fraction of sp³-hybridized carbons (Fsp3) is 0.600. The lowest BCUT2D eigenvalue weighted by Crippen LogP contribution is -2.53. The summed E-state index contributed by atoms with van der Waals surface area (Å²) in [7, 11) is 0. The summed E-state index contributed by atoms with van der Waals surface area (Å²) in [5, 5.41) is 11.9. The van der Waals surface area contributed by atoms with Crippen LogP contribution < -0.4 is 0 Å². The molecule has 0 amide bonds. The lowest BCUT2D eigenvalue weighted by Gasteiger charge is -2.40. The second-order valence-electron chi connectivity index (χ2n) is 9.95. The van der Waals surface area contributed by atoms with E-state index in [0.717, 1.165) is 0 Å². The normalized spacial score (nSPS) is 39.1. The highest BCUT2D eigenvalue weighted by Gasteiger charge is 2.68. The third kappa shape index (κ3) is 3.98. The quantitative estimate of drug-likeness (QED) is 0.268. The molecule has 190 valence electrons. The molecule has 1 aliphatic carbocycles. The Morgan fingerprint density at radius 3 is 2.49 bits per heavy atom. The van der Waals surface area contributed by atoms with Crippen LogP contribution in [0.5, 0.6) is 0 Å². The molecule has 1 unspecified atom stereocenters. The van der Waals surface area contributed by atoms with Crippen molar-refractivity contribution in [2.75, 3.05) is 6.61 Å². The summed E-state index contributed by atoms with van der Waals surface area (Å²) in [6, 6.07) is 0. The van der Waals surface area contributed by atoms with Gasteiger partial charge in [-0.25, -0.2) is 14.4 Å². The monoisotopic (exact) mass is 490 g/mol. The predicted molar refractivity (Wildman–Crippen MR) is 119 cm³/mol. The van der Waals surface area contributed by atoms with E-state index < -0.39 is 65.6 Å². The topological polar surface area (TPSA) is 138 Å². The van der Waals surface area contributed by atoms with Gasteiger partial charge in [-0.3, -0.25) is 4.79 Å². The van der Waals surface area contributed by atoms with E-state index in [1.807, 2.05) is 6.92 Å². The molecule has 4 rings (SSSR count). The van der Waals surface area contributed by atoms with Gasteiger partial charge in [-0.05, 0) is 40.5 Å². The molecule has 0 radical (unpaired) electrons. The SMILES string of the molecule is C=C(C)C(=O)OC1C[C@@]2(C)OC(=O)/C(=C/C)[C@]2(O)CC[C@@]2(C)O[C@@H]2[C@H]2OC(=O)C(COC(C)=O)=C12. The number of rotatable bonds is 4. The second kappa shape index (κ2) is 8.30. The van der Waals surface area contributed by atoms with Gasteiger partial charge in [0.1, 0.15) is 30.0 Å². The first-order chi connectivity index (χ1) is 16.3. The predicted octanol–water partition coefficient (Wildman–Crippen LogP) is 1.59. The van der Waals surface area contributed by atoms with Crippen LogP contribution in [0.25, 0.3) is 0 Å². The van der Waals surface area contributed by atoms with E-state index in [1.165, 1.54) is 19.9 Å². The van der Waals surface area contributed by atoms with Crippen LogP contribution in [0.1, 0.15) is 53.9 Å². The summed E-state index contributed by atoms with van der Waals surface area (Å²) in [6.07, 6.45) is -0.860. The maximum atomic E-state index is 12.9. The molecule has 3 heterocycles. The van der Waals surface area contributed by atoms with Gasteiger partial charge < -0.3 is 28.8 Å². The van der Waals surface area contributed by atoms with Crippen molar-refractivity contribution in [3.63, 3.8) is 0 Å². The molecule has 2 saturated heterocycles. The van der Waals surface area contributed by atoms with Gasteiger partial charge in [0.2, 0.25) is 0 Å². The minimum Gasteiger partial charge on any atom is -0.461 e. The largest absolute Gasteiger partial charge is 0.461 e. The molecule has 0 bridgehead atoms. The zero-order chi connectivity index (χ0) is 25.9. The summed E-state index contributed by atoms with van der Waals surface area (Å²) in [4.78, 5) is 49.8. The molecule has 0 aromatic carbocycles. The maximum absolute atomic E-state index is 12.9. The van der Waals surface area contributed by atoms with Crippen molar-refractivity contribution in [2.24, 2.45) is 0 Å². The van der Waals surface area contributed by atoms with Gasteiger partial charge >= 0.3 is 23.9 Å². The highest BCUT2D eigenvalue weighted by molar-refractivity contribution is 5.95. The highest BCUT2D eigenvalue weighted by atomic mass is 16.7. The van der Waals surface area contributed by atoms with E-state index in [-0.39, 0.29) is 35.1 Å². The van der Waals surface area contributed by atoms with Crippen LogP contribution in [0.4, 0.5) is 0 Å². The average molecular weight is 491 g/mol. The van der Waals surface area contributed by atoms with E-state index in [1.54, 1.807) is 13.8 Å². The van der Waals surface area contributed by atoms with Crippen molar-refractivity contribution in [1.82, 2.24) is 0 Å². The van der Waals surface area contributed by atoms with Crippen molar-refractivity contribution in [2.45, 2.75) is 89.0 Å². The van der Waals surface area contributed by atoms with Crippen molar-refractivity contribution in [3.8, 4) is 0 Å². The number of aliphatic hydroxyl groups is 1. The van der Waals surface area contributed by atoms with Crippen LogP contribution in [0.3, 0.4) is 0 Å². The molecule has 0 aromatic rings. The van der Waals surface area contributed by atoms with E-state index in [9.17, 15) is 24.3 Å². The van der Waals surface area contributed by atoms with Gasteiger partial charge in [0.05, 0.1) is 16.7 Å². The summed E-state index contributed by atoms with van der Waals surface area (Å²) in [5.74, 6) is -2.75. The third-order valence-electron chi connectivity index (χ3n) is 7.42. The summed E-state index contributed by atoms with van der Waals surface area (Å²) >= 11 is 0. The molecule has 4 aliphatic rings. The number of fused-ring (bicyclic) bond motifs is 4. The number of esters is 4. The number of hydrogen-bond donors (Lipinski definition) is 1. The van der Waals surface area contributed by atoms with Gasteiger partial charge in [-0.1, -0.05) is 12.7 Å². The number of carbonyl (C=O) groups is 4. The number of ether oxygens (including phenoxy) is 5. The first-order valence-electron chi connectivity index (χ1n) is 11.5. The first-order valence-corrected chi connectivity index (χ1v) is 11.5. The number of hydrogen-bond acceptors (Lipinski definition) is 10. The summed E-state index contributed by atoms with van der Waals surface area (Å²) in [5.41, 5.74) is -3.51. The third-order valence-corrected chi connectivity index (χ3v) is 7.42. The van der Waals surface area contributed by atoms with E-state index in [2.05, 4.69) is 6.58 Å². The molecule has 1 N–H and O–H groups in total. The Morgan fingerprint density at radius 1 is 1.20 bits per heavy atom. The Bertz CT molecular complexity index is 1090. The molecule has 6 atom stereocenters. The van der Waals surface area contributed by atoms with Crippen LogP contribution in [-0.2, 0) is 42.9 Å². The van der Waals surface area contributed by atoms with Crippen molar-refractivity contribution in [1.29, 1.82) is 0 Å². The Morgan fingerprint density at radius 2 is 1.89 bits per heavy atom. The summed E-state index contributed by atoms with van der Waals surface area (Å²) in [6.45, 7) is 10.9. The molecule has 3 fully saturated rings. The minimum absolute atomic E-state index is 0.0193. The van der Waals surface area contributed by atoms with Crippen LogP contribution in [0.2, 0.25) is 0 Å². The van der Waals surface area contributed by atoms with Crippen LogP contribution >= 0.6 is 0 Å².